The number of fused-ring (bicyclic) bond motifs is 1. The molecule has 0 N–H and O–H groups in total. The van der Waals surface area contributed by atoms with E-state index in [-0.39, 0.29) is 10.8 Å². The van der Waals surface area contributed by atoms with E-state index < -0.39 is 0 Å². The molecule has 0 radical (unpaired) electrons. The quantitative estimate of drug-likeness (QED) is 0.387. The van der Waals surface area contributed by atoms with Crippen molar-refractivity contribution in [1.82, 2.24) is 4.90 Å². The molecule has 0 amide bonds. The van der Waals surface area contributed by atoms with E-state index in [2.05, 4.69) is 106 Å². The standard InChI is InChI=1S/C16H26O.C11H14N4.C2H6/c1-11-9-12(15(2,3)4)14(17-8)13(10-11)16(5,6)7;1-14-4-6-15(7-5-14)9-2-3-10-11(8-9)13-12-10;1-2/h9-10H,1-8H3;2-3,8H,4-7H2,1H3;1-2H3. The Bertz CT molecular complexity index is 940. The van der Waals surface area contributed by atoms with Crippen molar-refractivity contribution in [1.29, 1.82) is 0 Å². The molecule has 2 aliphatic heterocycles. The van der Waals surface area contributed by atoms with Crippen LogP contribution in [0.1, 0.15) is 72.1 Å². The van der Waals surface area contributed by atoms with E-state index in [4.69, 9.17) is 4.74 Å². The fraction of sp³-hybridized carbons (Fsp3) is 0.586. The van der Waals surface area contributed by atoms with Crippen molar-refractivity contribution < 1.29 is 4.74 Å². The third-order valence-electron chi connectivity index (χ3n) is 6.15. The Balaban J connectivity index is 0.000000225. The van der Waals surface area contributed by atoms with Crippen molar-refractivity contribution in [3.63, 3.8) is 0 Å². The number of nitrogens with zero attached hydrogens (tertiary/aromatic N) is 4. The van der Waals surface area contributed by atoms with Crippen LogP contribution in [-0.2, 0) is 10.8 Å². The minimum Gasteiger partial charge on any atom is -0.496 e. The number of ether oxygens (including phenoxy) is 1. The molecule has 4 rings (SSSR count). The molecule has 2 aliphatic rings. The zero-order valence-corrected chi connectivity index (χ0v) is 23.4. The normalized spacial score (nSPS) is 15.3. The zero-order chi connectivity index (χ0) is 25.7. The van der Waals surface area contributed by atoms with E-state index in [0.717, 1.165) is 43.3 Å². The minimum atomic E-state index is 0.108. The van der Waals surface area contributed by atoms with Gasteiger partial charge in [-0.25, -0.2) is 0 Å². The molecule has 0 unspecified atom stereocenters. The van der Waals surface area contributed by atoms with Gasteiger partial charge in [0.2, 0.25) is 0 Å². The number of hydrogen-bond acceptors (Lipinski definition) is 5. The molecule has 188 valence electrons. The smallest absolute Gasteiger partial charge is 0.126 e. The molecule has 0 atom stereocenters. The molecule has 2 heterocycles. The number of methoxy groups -OCH3 is 1. The molecule has 0 spiro atoms. The van der Waals surface area contributed by atoms with Gasteiger partial charge in [0.05, 0.1) is 7.11 Å². The highest BCUT2D eigenvalue weighted by atomic mass is 16.5. The summed E-state index contributed by atoms with van der Waals surface area (Å²) in [5, 5.41) is 7.92. The topological polar surface area (TPSA) is 40.4 Å². The number of rotatable bonds is 2. The Hall–Kier alpha value is -2.40. The first-order valence-electron chi connectivity index (χ1n) is 12.6. The Kier molecular flexibility index (Phi) is 9.29. The second-order valence-corrected chi connectivity index (χ2v) is 11.1. The van der Waals surface area contributed by atoms with E-state index in [1.54, 1.807) is 7.11 Å². The van der Waals surface area contributed by atoms with Crippen LogP contribution in [0.5, 0.6) is 5.75 Å². The van der Waals surface area contributed by atoms with Gasteiger partial charge in [-0.15, -0.1) is 10.2 Å². The Morgan fingerprint density at radius 1 is 0.765 bits per heavy atom. The van der Waals surface area contributed by atoms with E-state index in [9.17, 15) is 0 Å². The third kappa shape index (κ3) is 6.82. The van der Waals surface area contributed by atoms with Gasteiger partial charge in [0.15, 0.2) is 0 Å². The van der Waals surface area contributed by atoms with Crippen LogP contribution < -0.4 is 9.64 Å². The molecule has 5 nitrogen and oxygen atoms in total. The van der Waals surface area contributed by atoms with E-state index in [0.29, 0.717) is 0 Å². The van der Waals surface area contributed by atoms with Gasteiger partial charge < -0.3 is 14.5 Å². The van der Waals surface area contributed by atoms with Gasteiger partial charge in [0.25, 0.3) is 0 Å². The van der Waals surface area contributed by atoms with Crippen molar-refractivity contribution in [3.8, 4) is 5.75 Å². The first-order valence-corrected chi connectivity index (χ1v) is 12.6. The fourth-order valence-corrected chi connectivity index (χ4v) is 4.11. The summed E-state index contributed by atoms with van der Waals surface area (Å²) in [7, 11) is 3.94. The highest BCUT2D eigenvalue weighted by Gasteiger charge is 2.26. The molecule has 0 bridgehead atoms. The highest BCUT2D eigenvalue weighted by Crippen LogP contribution is 2.41. The van der Waals surface area contributed by atoms with Crippen LogP contribution in [0, 0.1) is 6.92 Å². The number of anilines is 1. The molecule has 0 aromatic heterocycles. The second-order valence-electron chi connectivity index (χ2n) is 11.1. The van der Waals surface area contributed by atoms with Crippen molar-refractivity contribution in [2.75, 3.05) is 45.2 Å². The Morgan fingerprint density at radius 3 is 1.65 bits per heavy atom. The lowest BCUT2D eigenvalue weighted by molar-refractivity contribution is 0.313. The summed E-state index contributed by atoms with van der Waals surface area (Å²) >= 11 is 0. The lowest BCUT2D eigenvalue weighted by Gasteiger charge is -2.34. The van der Waals surface area contributed by atoms with Gasteiger partial charge in [0, 0.05) is 43.0 Å². The summed E-state index contributed by atoms with van der Waals surface area (Å²) < 4.78 is 5.68. The summed E-state index contributed by atoms with van der Waals surface area (Å²) in [6.45, 7) is 24.0. The maximum Gasteiger partial charge on any atom is 0.126 e. The van der Waals surface area contributed by atoms with Crippen LogP contribution in [0.15, 0.2) is 40.6 Å². The molecule has 0 aliphatic carbocycles. The monoisotopic (exact) mass is 466 g/mol. The number of benzene rings is 2. The average Bonchev–Trinajstić information content (AvgIpc) is 2.75. The molecule has 1 saturated heterocycles. The maximum atomic E-state index is 5.68. The first-order chi connectivity index (χ1) is 15.9. The van der Waals surface area contributed by atoms with Crippen LogP contribution >= 0.6 is 0 Å². The molecule has 1 fully saturated rings. The summed E-state index contributed by atoms with van der Waals surface area (Å²) in [5.41, 5.74) is 7.45. The van der Waals surface area contributed by atoms with Gasteiger partial charge in [-0.1, -0.05) is 73.1 Å². The summed E-state index contributed by atoms with van der Waals surface area (Å²) in [5.74, 6) is 1.05. The minimum absolute atomic E-state index is 0.108. The number of likely N-dealkylation sites (N-methyl/N-ethyl adjacent to an activating group) is 1. The molecule has 2 aromatic rings. The third-order valence-corrected chi connectivity index (χ3v) is 6.15. The number of aryl methyl sites for hydroxylation is 1. The Labute approximate surface area is 208 Å². The largest absolute Gasteiger partial charge is 0.496 e. The van der Waals surface area contributed by atoms with Crippen molar-refractivity contribution in [2.24, 2.45) is 10.2 Å². The molecule has 5 heteroatoms. The van der Waals surface area contributed by atoms with Gasteiger partial charge in [0.1, 0.15) is 17.1 Å². The van der Waals surface area contributed by atoms with Crippen LogP contribution in [0.2, 0.25) is 0 Å². The van der Waals surface area contributed by atoms with Crippen molar-refractivity contribution in [2.45, 2.75) is 73.1 Å². The van der Waals surface area contributed by atoms with Gasteiger partial charge >= 0.3 is 0 Å². The summed E-state index contributed by atoms with van der Waals surface area (Å²) in [6.07, 6.45) is 0. The average molecular weight is 467 g/mol. The number of piperazine rings is 1. The molecule has 2 aromatic carbocycles. The SMILES string of the molecule is CC.CN1CCN(c2ccc3c(c2)N=N3)CC1.COc1c(C(C)(C)C)cc(C)cc1C(C)(C)C. The van der Waals surface area contributed by atoms with Gasteiger partial charge in [-0.3, -0.25) is 0 Å². The highest BCUT2D eigenvalue weighted by molar-refractivity contribution is 5.72. The number of hydrogen-bond donors (Lipinski definition) is 0. The molecule has 0 saturated carbocycles. The van der Waals surface area contributed by atoms with Gasteiger partial charge in [-0.2, -0.15) is 0 Å². The molecular formula is C29H46N4O. The lowest BCUT2D eigenvalue weighted by Crippen LogP contribution is -2.44. The predicted octanol–water partition coefficient (Wildman–Crippen LogP) is 7.79. The predicted molar refractivity (Wildman–Crippen MR) is 147 cm³/mol. The van der Waals surface area contributed by atoms with Crippen LogP contribution in [-0.4, -0.2) is 45.2 Å². The summed E-state index contributed by atoms with van der Waals surface area (Å²) in [4.78, 5) is 4.77. The zero-order valence-electron chi connectivity index (χ0n) is 23.4. The van der Waals surface area contributed by atoms with E-state index in [1.165, 1.54) is 22.4 Å². The first kappa shape index (κ1) is 27.8. The van der Waals surface area contributed by atoms with E-state index in [1.807, 2.05) is 13.8 Å². The van der Waals surface area contributed by atoms with Crippen LogP contribution in [0.25, 0.3) is 0 Å². The molecular weight excluding hydrogens is 420 g/mol. The van der Waals surface area contributed by atoms with Crippen molar-refractivity contribution in [3.05, 3.63) is 47.0 Å². The molecule has 34 heavy (non-hydrogen) atoms. The second kappa shape index (κ2) is 11.4. The number of azo groups is 1. The Morgan fingerprint density at radius 2 is 1.26 bits per heavy atom. The van der Waals surface area contributed by atoms with Crippen LogP contribution in [0.3, 0.4) is 0 Å². The van der Waals surface area contributed by atoms with Gasteiger partial charge in [-0.05, 0) is 43.0 Å². The van der Waals surface area contributed by atoms with E-state index >= 15 is 0 Å². The summed E-state index contributed by atoms with van der Waals surface area (Å²) in [6, 6.07) is 10.8. The van der Waals surface area contributed by atoms with Crippen molar-refractivity contribution >= 4 is 17.1 Å². The lowest BCUT2D eigenvalue weighted by atomic mass is 9.78. The van der Waals surface area contributed by atoms with Crippen LogP contribution in [0.4, 0.5) is 17.1 Å². The fourth-order valence-electron chi connectivity index (χ4n) is 4.11. The maximum absolute atomic E-state index is 5.68.